The molecule has 0 aliphatic rings. The van der Waals surface area contributed by atoms with Crippen LogP contribution in [0.25, 0.3) is 0 Å². The number of aryl methyl sites for hydroxylation is 1. The molecule has 5 heteroatoms. The van der Waals surface area contributed by atoms with Gasteiger partial charge in [0.2, 0.25) is 0 Å². The molecule has 0 spiro atoms. The van der Waals surface area contributed by atoms with E-state index >= 15 is 0 Å². The Morgan fingerprint density at radius 2 is 1.80 bits per heavy atom. The van der Waals surface area contributed by atoms with Crippen molar-refractivity contribution in [1.29, 1.82) is 0 Å². The maximum atomic E-state index is 13.3. The Morgan fingerprint density at radius 1 is 1.15 bits per heavy atom. The summed E-state index contributed by atoms with van der Waals surface area (Å²) in [5.74, 6) is -1.50. The van der Waals surface area contributed by atoms with Crippen LogP contribution in [-0.4, -0.2) is 12.2 Å². The van der Waals surface area contributed by atoms with Crippen LogP contribution in [0.3, 0.4) is 0 Å². The summed E-state index contributed by atoms with van der Waals surface area (Å²) in [6.07, 6.45) is -1.16. The van der Waals surface area contributed by atoms with Crippen LogP contribution >= 0.6 is 11.6 Å². The van der Waals surface area contributed by atoms with Crippen molar-refractivity contribution in [1.82, 2.24) is 0 Å². The standard InChI is InChI=1S/C15H13ClF2O2/c1-8-3-4-9(5-14(8)20-2)15(19)10-6-12(17)13(18)7-11(10)16/h3-7,15,19H,1-2H3. The second kappa shape index (κ2) is 5.77. The van der Waals surface area contributed by atoms with Crippen molar-refractivity contribution in [3.8, 4) is 5.75 Å². The Labute approximate surface area is 120 Å². The Kier molecular flexibility index (Phi) is 4.26. The Balaban J connectivity index is 2.46. The van der Waals surface area contributed by atoms with Crippen molar-refractivity contribution in [3.63, 3.8) is 0 Å². The number of aliphatic hydroxyl groups is 1. The van der Waals surface area contributed by atoms with E-state index in [0.717, 1.165) is 17.7 Å². The van der Waals surface area contributed by atoms with E-state index in [2.05, 4.69) is 0 Å². The molecule has 106 valence electrons. The fourth-order valence-corrected chi connectivity index (χ4v) is 2.19. The number of methoxy groups -OCH3 is 1. The molecule has 1 unspecified atom stereocenters. The molecule has 2 nitrogen and oxygen atoms in total. The molecule has 20 heavy (non-hydrogen) atoms. The summed E-state index contributed by atoms with van der Waals surface area (Å²) in [6, 6.07) is 6.83. The van der Waals surface area contributed by atoms with Crippen LogP contribution in [0.5, 0.6) is 5.75 Å². The quantitative estimate of drug-likeness (QED) is 0.867. The summed E-state index contributed by atoms with van der Waals surface area (Å²) < 4.78 is 31.5. The molecular weight excluding hydrogens is 286 g/mol. The van der Waals surface area contributed by atoms with Gasteiger partial charge in [0, 0.05) is 10.6 Å². The maximum absolute atomic E-state index is 13.3. The third-order valence-electron chi connectivity index (χ3n) is 3.08. The number of halogens is 3. The molecule has 0 aromatic heterocycles. The van der Waals surface area contributed by atoms with E-state index in [-0.39, 0.29) is 10.6 Å². The van der Waals surface area contributed by atoms with Gasteiger partial charge in [0.15, 0.2) is 11.6 Å². The zero-order valence-electron chi connectivity index (χ0n) is 11.0. The summed E-state index contributed by atoms with van der Waals surface area (Å²) in [5.41, 5.74) is 1.50. The Morgan fingerprint density at radius 3 is 2.45 bits per heavy atom. The van der Waals surface area contributed by atoms with Crippen LogP contribution in [0.4, 0.5) is 8.78 Å². The van der Waals surface area contributed by atoms with E-state index in [1.807, 2.05) is 6.92 Å². The second-order valence-electron chi connectivity index (χ2n) is 4.42. The van der Waals surface area contributed by atoms with Crippen LogP contribution in [-0.2, 0) is 0 Å². The number of hydrogen-bond acceptors (Lipinski definition) is 2. The molecule has 0 heterocycles. The smallest absolute Gasteiger partial charge is 0.160 e. The lowest BCUT2D eigenvalue weighted by Crippen LogP contribution is -2.03. The van der Waals surface area contributed by atoms with Gasteiger partial charge in [-0.25, -0.2) is 8.78 Å². The fourth-order valence-electron chi connectivity index (χ4n) is 1.93. The molecule has 0 bridgehead atoms. The highest BCUT2D eigenvalue weighted by Crippen LogP contribution is 2.32. The van der Waals surface area contributed by atoms with Gasteiger partial charge in [-0.2, -0.15) is 0 Å². The molecule has 2 aromatic carbocycles. The molecule has 0 aliphatic heterocycles. The predicted octanol–water partition coefficient (Wildman–Crippen LogP) is 4.02. The predicted molar refractivity (Wildman–Crippen MR) is 73.2 cm³/mol. The first-order valence-electron chi connectivity index (χ1n) is 5.91. The van der Waals surface area contributed by atoms with Crippen molar-refractivity contribution in [2.24, 2.45) is 0 Å². The first-order valence-corrected chi connectivity index (χ1v) is 6.29. The first-order chi connectivity index (χ1) is 9.43. The van der Waals surface area contributed by atoms with Crippen molar-refractivity contribution < 1.29 is 18.6 Å². The SMILES string of the molecule is COc1cc(C(O)c2cc(F)c(F)cc2Cl)ccc1C. The lowest BCUT2D eigenvalue weighted by atomic mass is 9.99. The minimum absolute atomic E-state index is 0.0315. The lowest BCUT2D eigenvalue weighted by Gasteiger charge is -2.15. The maximum Gasteiger partial charge on any atom is 0.160 e. The van der Waals surface area contributed by atoms with Gasteiger partial charge in [-0.15, -0.1) is 0 Å². The normalized spacial score (nSPS) is 12.3. The monoisotopic (exact) mass is 298 g/mol. The molecule has 0 fully saturated rings. The average Bonchev–Trinajstić information content (AvgIpc) is 2.42. The number of hydrogen-bond donors (Lipinski definition) is 1. The minimum Gasteiger partial charge on any atom is -0.496 e. The third-order valence-corrected chi connectivity index (χ3v) is 3.41. The van der Waals surface area contributed by atoms with Crippen molar-refractivity contribution in [2.75, 3.05) is 7.11 Å². The molecule has 1 atom stereocenters. The Hall–Kier alpha value is -1.65. The topological polar surface area (TPSA) is 29.5 Å². The zero-order chi connectivity index (χ0) is 14.9. The molecule has 1 N–H and O–H groups in total. The summed E-state index contributed by atoms with van der Waals surface area (Å²) >= 11 is 5.85. The van der Waals surface area contributed by atoms with E-state index in [0.29, 0.717) is 11.3 Å². The molecule has 2 aromatic rings. The number of rotatable bonds is 3. The summed E-state index contributed by atoms with van der Waals surface area (Å²) in [5, 5.41) is 10.2. The first kappa shape index (κ1) is 14.8. The molecule has 0 aliphatic carbocycles. The van der Waals surface area contributed by atoms with Crippen molar-refractivity contribution in [3.05, 3.63) is 63.7 Å². The van der Waals surface area contributed by atoms with Crippen molar-refractivity contribution in [2.45, 2.75) is 13.0 Å². The largest absolute Gasteiger partial charge is 0.496 e. The zero-order valence-corrected chi connectivity index (χ0v) is 11.7. The van der Waals surface area contributed by atoms with Crippen LogP contribution < -0.4 is 4.74 Å². The van der Waals surface area contributed by atoms with Gasteiger partial charge >= 0.3 is 0 Å². The van der Waals surface area contributed by atoms with Gasteiger partial charge in [0.05, 0.1) is 7.11 Å². The highest BCUT2D eigenvalue weighted by atomic mass is 35.5. The van der Waals surface area contributed by atoms with Crippen LogP contribution in [0.1, 0.15) is 22.8 Å². The second-order valence-corrected chi connectivity index (χ2v) is 4.83. The molecule has 2 rings (SSSR count). The number of aliphatic hydroxyl groups excluding tert-OH is 1. The molecule has 0 radical (unpaired) electrons. The Bertz CT molecular complexity index is 644. The van der Waals surface area contributed by atoms with Crippen molar-refractivity contribution >= 4 is 11.6 Å². The van der Waals surface area contributed by atoms with Gasteiger partial charge in [0.1, 0.15) is 11.9 Å². The van der Waals surface area contributed by atoms with E-state index in [1.165, 1.54) is 7.11 Å². The van der Waals surface area contributed by atoms with E-state index in [4.69, 9.17) is 16.3 Å². The summed E-state index contributed by atoms with van der Waals surface area (Å²) in [7, 11) is 1.52. The van der Waals surface area contributed by atoms with Gasteiger partial charge < -0.3 is 9.84 Å². The van der Waals surface area contributed by atoms with E-state index in [1.54, 1.807) is 18.2 Å². The minimum atomic E-state index is -1.16. The fraction of sp³-hybridized carbons (Fsp3) is 0.200. The van der Waals surface area contributed by atoms with E-state index < -0.39 is 17.7 Å². The molecule has 0 saturated heterocycles. The summed E-state index contributed by atoms with van der Waals surface area (Å²) in [4.78, 5) is 0. The highest BCUT2D eigenvalue weighted by molar-refractivity contribution is 6.31. The van der Waals surface area contributed by atoms with Gasteiger partial charge in [-0.05, 0) is 36.2 Å². The van der Waals surface area contributed by atoms with Gasteiger partial charge in [0.25, 0.3) is 0 Å². The van der Waals surface area contributed by atoms with Crippen LogP contribution in [0, 0.1) is 18.6 Å². The number of ether oxygens (including phenoxy) is 1. The van der Waals surface area contributed by atoms with Crippen LogP contribution in [0.2, 0.25) is 5.02 Å². The van der Waals surface area contributed by atoms with E-state index in [9.17, 15) is 13.9 Å². The average molecular weight is 299 g/mol. The van der Waals surface area contributed by atoms with Crippen LogP contribution in [0.15, 0.2) is 30.3 Å². The summed E-state index contributed by atoms with van der Waals surface area (Å²) in [6.45, 7) is 1.86. The molecule has 0 amide bonds. The van der Waals surface area contributed by atoms with Gasteiger partial charge in [-0.3, -0.25) is 0 Å². The van der Waals surface area contributed by atoms with Gasteiger partial charge in [-0.1, -0.05) is 23.7 Å². The molecular formula is C15H13ClF2O2. The number of benzene rings is 2. The highest BCUT2D eigenvalue weighted by Gasteiger charge is 2.18. The lowest BCUT2D eigenvalue weighted by molar-refractivity contribution is 0.219. The third kappa shape index (κ3) is 2.76. The molecule has 0 saturated carbocycles.